The van der Waals surface area contributed by atoms with Crippen LogP contribution in [-0.4, -0.2) is 33.1 Å². The topological polar surface area (TPSA) is 122 Å². The second-order valence-corrected chi connectivity index (χ2v) is 5.29. The van der Waals surface area contributed by atoms with E-state index in [0.29, 0.717) is 15.5 Å². The molecule has 0 bridgehead atoms. The fourth-order valence-corrected chi connectivity index (χ4v) is 2.50. The maximum absolute atomic E-state index is 12.7. The number of oxime groups is 1. The standard InChI is InChI=1S/C13H12N6O3S/c1-2-22-16-11(8-7-23-13(14)15-8)12(20)18-9-5-3-4-6-10(9)19(21)17-18/h3-7H,2H2,1H3,(H2,14,15)/b16-11-. The molecule has 118 valence electrons. The molecular weight excluding hydrogens is 320 g/mol. The van der Waals surface area contributed by atoms with Crippen LogP contribution in [0.15, 0.2) is 34.8 Å². The van der Waals surface area contributed by atoms with Crippen LogP contribution in [0.3, 0.4) is 0 Å². The van der Waals surface area contributed by atoms with Gasteiger partial charge in [-0.15, -0.1) is 16.2 Å². The van der Waals surface area contributed by atoms with Crippen LogP contribution in [-0.2, 0) is 4.84 Å². The van der Waals surface area contributed by atoms with Gasteiger partial charge >= 0.3 is 5.91 Å². The second kappa shape index (κ2) is 6.01. The van der Waals surface area contributed by atoms with Gasteiger partial charge in [0.05, 0.1) is 0 Å². The van der Waals surface area contributed by atoms with E-state index < -0.39 is 5.91 Å². The van der Waals surface area contributed by atoms with Crippen molar-refractivity contribution in [2.45, 2.75) is 6.92 Å². The summed E-state index contributed by atoms with van der Waals surface area (Å²) < 4.78 is 0.968. The van der Waals surface area contributed by atoms with Gasteiger partial charge in [0.1, 0.15) is 17.5 Å². The summed E-state index contributed by atoms with van der Waals surface area (Å²) in [6.07, 6.45) is 0. The zero-order chi connectivity index (χ0) is 16.4. The van der Waals surface area contributed by atoms with Crippen molar-refractivity contribution < 1.29 is 14.5 Å². The number of fused-ring (bicyclic) bond motifs is 1. The van der Waals surface area contributed by atoms with Crippen LogP contribution < -0.4 is 10.6 Å². The zero-order valence-corrected chi connectivity index (χ0v) is 12.9. The molecule has 0 aliphatic rings. The Morgan fingerprint density at radius 2 is 2.30 bits per heavy atom. The number of nitrogens with two attached hydrogens (primary N) is 1. The number of hydrogen-bond acceptors (Lipinski definition) is 8. The average molecular weight is 332 g/mol. The summed E-state index contributed by atoms with van der Waals surface area (Å²) in [6, 6.07) is 6.57. The van der Waals surface area contributed by atoms with Crippen LogP contribution >= 0.6 is 11.3 Å². The molecule has 0 atom stereocenters. The molecule has 0 spiro atoms. The monoisotopic (exact) mass is 332 g/mol. The lowest BCUT2D eigenvalue weighted by molar-refractivity contribution is -0.645. The van der Waals surface area contributed by atoms with Crippen molar-refractivity contribution in [3.05, 3.63) is 40.5 Å². The number of thiazole rings is 1. The largest absolute Gasteiger partial charge is 0.691 e. The van der Waals surface area contributed by atoms with Crippen molar-refractivity contribution in [2.75, 3.05) is 12.3 Å². The predicted molar refractivity (Wildman–Crippen MR) is 84.0 cm³/mol. The number of aromatic nitrogens is 4. The summed E-state index contributed by atoms with van der Waals surface area (Å²) in [5, 5.41) is 21.2. The number of carbonyl (C=O) groups excluding carboxylic acids is 1. The van der Waals surface area contributed by atoms with Crippen LogP contribution in [0.4, 0.5) is 5.13 Å². The Kier molecular flexibility index (Phi) is 3.89. The van der Waals surface area contributed by atoms with E-state index in [1.165, 1.54) is 11.3 Å². The van der Waals surface area contributed by atoms with E-state index in [-0.39, 0.29) is 23.5 Å². The number of nitrogens with zero attached hydrogens (tertiary/aromatic N) is 5. The molecule has 1 aromatic carbocycles. The molecule has 9 nitrogen and oxygen atoms in total. The fourth-order valence-electron chi connectivity index (χ4n) is 1.95. The van der Waals surface area contributed by atoms with E-state index in [4.69, 9.17) is 10.6 Å². The predicted octanol–water partition coefficient (Wildman–Crippen LogP) is 0.789. The molecule has 0 saturated heterocycles. The first-order chi connectivity index (χ1) is 11.1. The van der Waals surface area contributed by atoms with Crippen LogP contribution in [0.1, 0.15) is 17.4 Å². The van der Waals surface area contributed by atoms with Crippen molar-refractivity contribution in [2.24, 2.45) is 5.16 Å². The Morgan fingerprint density at radius 3 is 3.00 bits per heavy atom. The van der Waals surface area contributed by atoms with Gasteiger partial charge in [-0.1, -0.05) is 22.0 Å². The smallest absolute Gasteiger partial charge is 0.390 e. The maximum Gasteiger partial charge on any atom is 0.390 e. The fraction of sp³-hybridized carbons (Fsp3) is 0.154. The van der Waals surface area contributed by atoms with Crippen molar-refractivity contribution in [3.63, 3.8) is 0 Å². The minimum absolute atomic E-state index is 0.0753. The summed E-state index contributed by atoms with van der Waals surface area (Å²) in [7, 11) is 0. The minimum Gasteiger partial charge on any atom is -0.691 e. The maximum atomic E-state index is 12.7. The molecule has 0 saturated carbocycles. The van der Waals surface area contributed by atoms with Crippen molar-refractivity contribution in [3.8, 4) is 0 Å². The van der Waals surface area contributed by atoms with Gasteiger partial charge in [0.15, 0.2) is 5.13 Å². The molecule has 2 N–H and O–H groups in total. The third-order valence-electron chi connectivity index (χ3n) is 2.93. The summed E-state index contributed by atoms with van der Waals surface area (Å²) in [5.74, 6) is -0.630. The number of rotatable bonds is 4. The molecule has 0 radical (unpaired) electrons. The van der Waals surface area contributed by atoms with Crippen LogP contribution in [0.5, 0.6) is 0 Å². The Balaban J connectivity index is 2.10. The lowest BCUT2D eigenvalue weighted by atomic mass is 10.2. The molecule has 3 aromatic rings. The minimum atomic E-state index is -0.630. The van der Waals surface area contributed by atoms with Gasteiger partial charge in [-0.3, -0.25) is 0 Å². The molecule has 3 rings (SSSR count). The molecule has 0 aliphatic carbocycles. The molecule has 0 unspecified atom stereocenters. The average Bonchev–Trinajstić information content (AvgIpc) is 3.12. The molecule has 2 aromatic heterocycles. The van der Waals surface area contributed by atoms with Crippen molar-refractivity contribution in [1.29, 1.82) is 0 Å². The van der Waals surface area contributed by atoms with Crippen LogP contribution in [0.2, 0.25) is 0 Å². The highest BCUT2D eigenvalue weighted by Crippen LogP contribution is 2.15. The molecular formula is C13H12N6O3S. The summed E-state index contributed by atoms with van der Waals surface area (Å²) in [5.41, 5.74) is 6.43. The lowest BCUT2D eigenvalue weighted by Crippen LogP contribution is -2.33. The highest BCUT2D eigenvalue weighted by atomic mass is 32.1. The van der Waals surface area contributed by atoms with Gasteiger partial charge in [0, 0.05) is 5.38 Å². The first-order valence-corrected chi connectivity index (χ1v) is 7.53. The Morgan fingerprint density at radius 1 is 1.52 bits per heavy atom. The quantitative estimate of drug-likeness (QED) is 0.326. The first-order valence-electron chi connectivity index (χ1n) is 6.65. The number of hydrogen-bond donors (Lipinski definition) is 1. The molecule has 0 amide bonds. The third-order valence-corrected chi connectivity index (χ3v) is 3.61. The molecule has 0 fully saturated rings. The lowest BCUT2D eigenvalue weighted by Gasteiger charge is -1.99. The summed E-state index contributed by atoms with van der Waals surface area (Å²) >= 11 is 1.17. The first kappa shape index (κ1) is 14.9. The van der Waals surface area contributed by atoms with Crippen molar-refractivity contribution in [1.82, 2.24) is 14.9 Å². The van der Waals surface area contributed by atoms with Crippen LogP contribution in [0, 0.1) is 5.21 Å². The molecule has 2 heterocycles. The summed E-state index contributed by atoms with van der Waals surface area (Å²) in [4.78, 5) is 22.1. The Labute approximate surface area is 134 Å². The number of anilines is 1. The van der Waals surface area contributed by atoms with E-state index in [2.05, 4.69) is 15.4 Å². The van der Waals surface area contributed by atoms with E-state index in [1.54, 1.807) is 36.6 Å². The van der Waals surface area contributed by atoms with Gasteiger partial charge in [0.25, 0.3) is 0 Å². The number of carbonyl (C=O) groups is 1. The van der Waals surface area contributed by atoms with Crippen LogP contribution in [0.25, 0.3) is 11.0 Å². The molecule has 0 aliphatic heterocycles. The molecule has 10 heteroatoms. The number of nitrogen functional groups attached to an aromatic ring is 1. The summed E-state index contributed by atoms with van der Waals surface area (Å²) in [6.45, 7) is 2.01. The van der Waals surface area contributed by atoms with E-state index >= 15 is 0 Å². The van der Waals surface area contributed by atoms with Gasteiger partial charge < -0.3 is 15.8 Å². The van der Waals surface area contributed by atoms with Gasteiger partial charge in [-0.25, -0.2) is 9.78 Å². The van der Waals surface area contributed by atoms with Gasteiger partial charge in [-0.2, -0.15) is 0 Å². The van der Waals surface area contributed by atoms with E-state index in [0.717, 1.165) is 4.68 Å². The Hall–Kier alpha value is -3.01. The highest BCUT2D eigenvalue weighted by molar-refractivity contribution is 7.13. The van der Waals surface area contributed by atoms with Gasteiger partial charge in [-0.05, 0) is 19.1 Å². The van der Waals surface area contributed by atoms with Gasteiger partial charge in [0.2, 0.25) is 16.7 Å². The number of benzene rings is 1. The van der Waals surface area contributed by atoms with Crippen molar-refractivity contribution >= 4 is 39.1 Å². The number of para-hydroxylation sites is 2. The van der Waals surface area contributed by atoms with E-state index in [1.807, 2.05) is 0 Å². The third kappa shape index (κ3) is 2.71. The highest BCUT2D eigenvalue weighted by Gasteiger charge is 2.29. The SMILES string of the molecule is CCO/N=C(\C(=O)n1n[n+]([O-])c2ccccc21)c1csc(N)n1. The normalized spacial score (nSPS) is 11.8. The Bertz CT molecular complexity index is 900. The molecule has 23 heavy (non-hydrogen) atoms. The second-order valence-electron chi connectivity index (χ2n) is 4.40. The zero-order valence-electron chi connectivity index (χ0n) is 12.0. The van der Waals surface area contributed by atoms with E-state index in [9.17, 15) is 10.0 Å².